The molecule has 0 aliphatic carbocycles. The average Bonchev–Trinajstić information content (AvgIpc) is 2.48. The van der Waals surface area contributed by atoms with Gasteiger partial charge >= 0.3 is 0 Å². The highest BCUT2D eigenvalue weighted by Crippen LogP contribution is 2.35. The Labute approximate surface area is 151 Å². The third-order valence-electron chi connectivity index (χ3n) is 3.86. The van der Waals surface area contributed by atoms with Gasteiger partial charge in [0.2, 0.25) is 10.0 Å². The Kier molecular flexibility index (Phi) is 7.60. The zero-order chi connectivity index (χ0) is 16.3. The first kappa shape index (κ1) is 20.5. The van der Waals surface area contributed by atoms with Gasteiger partial charge in [0.15, 0.2) is 0 Å². The maximum atomic E-state index is 12.7. The quantitative estimate of drug-likeness (QED) is 0.750. The van der Waals surface area contributed by atoms with Crippen LogP contribution in [-0.4, -0.2) is 41.8 Å². The molecule has 2 unspecified atom stereocenters. The summed E-state index contributed by atoms with van der Waals surface area (Å²) >= 11 is 3.33. The minimum Gasteiger partial charge on any atom is -0.496 e. The molecular weight excluding hydrogens is 408 g/mol. The Morgan fingerprint density at radius 3 is 2.48 bits per heavy atom. The van der Waals surface area contributed by atoms with Gasteiger partial charge in [0, 0.05) is 18.7 Å². The lowest BCUT2D eigenvalue weighted by atomic mass is 9.96. The number of halogens is 2. The molecule has 2 atom stereocenters. The zero-order valence-electron chi connectivity index (χ0n) is 13.3. The first-order valence-electron chi connectivity index (χ1n) is 7.03. The zero-order valence-corrected chi connectivity index (χ0v) is 16.5. The van der Waals surface area contributed by atoms with Gasteiger partial charge in [0.25, 0.3) is 0 Å². The number of nitrogens with one attached hydrogen (secondary N) is 2. The molecule has 0 amide bonds. The molecule has 0 spiro atoms. The fourth-order valence-electron chi connectivity index (χ4n) is 2.45. The maximum Gasteiger partial charge on any atom is 0.244 e. The van der Waals surface area contributed by atoms with Crippen molar-refractivity contribution in [1.29, 1.82) is 0 Å². The molecule has 1 fully saturated rings. The first-order valence-corrected chi connectivity index (χ1v) is 9.31. The molecule has 1 heterocycles. The minimum atomic E-state index is -3.70. The number of ether oxygens (including phenoxy) is 2. The Morgan fingerprint density at radius 2 is 1.91 bits per heavy atom. The van der Waals surface area contributed by atoms with E-state index in [2.05, 4.69) is 26.0 Å². The van der Waals surface area contributed by atoms with Gasteiger partial charge in [-0.3, -0.25) is 0 Å². The Hall–Kier alpha value is -0.540. The van der Waals surface area contributed by atoms with E-state index in [9.17, 15) is 8.42 Å². The smallest absolute Gasteiger partial charge is 0.244 e. The Balaban J connectivity index is 0.00000264. The summed E-state index contributed by atoms with van der Waals surface area (Å²) in [5.74, 6) is 0.993. The predicted molar refractivity (Wildman–Crippen MR) is 95.3 cm³/mol. The van der Waals surface area contributed by atoms with E-state index in [0.717, 1.165) is 13.0 Å². The highest BCUT2D eigenvalue weighted by Gasteiger charge is 2.29. The van der Waals surface area contributed by atoms with E-state index in [4.69, 9.17) is 9.47 Å². The molecule has 0 saturated carbocycles. The summed E-state index contributed by atoms with van der Waals surface area (Å²) in [5.41, 5.74) is 0. The molecule has 0 bridgehead atoms. The van der Waals surface area contributed by atoms with Crippen LogP contribution in [0.2, 0.25) is 0 Å². The molecule has 2 rings (SSSR count). The predicted octanol–water partition coefficient (Wildman–Crippen LogP) is 2.16. The molecule has 1 aromatic carbocycles. The van der Waals surface area contributed by atoms with Gasteiger partial charge in [-0.2, -0.15) is 0 Å². The first-order chi connectivity index (χ1) is 10.4. The second kappa shape index (κ2) is 8.53. The van der Waals surface area contributed by atoms with E-state index in [1.165, 1.54) is 20.3 Å². The molecule has 1 aliphatic heterocycles. The largest absolute Gasteiger partial charge is 0.496 e. The van der Waals surface area contributed by atoms with E-state index >= 15 is 0 Å². The molecule has 1 aromatic rings. The van der Waals surface area contributed by atoms with Crippen LogP contribution in [0.1, 0.15) is 13.3 Å². The van der Waals surface area contributed by atoms with E-state index in [1.807, 2.05) is 6.92 Å². The van der Waals surface area contributed by atoms with Crippen LogP contribution < -0.4 is 19.5 Å². The molecule has 1 aliphatic rings. The van der Waals surface area contributed by atoms with Gasteiger partial charge in [0.05, 0.1) is 18.7 Å². The van der Waals surface area contributed by atoms with Crippen LogP contribution in [0.5, 0.6) is 11.5 Å². The number of rotatable bonds is 5. The van der Waals surface area contributed by atoms with Crippen LogP contribution in [0.4, 0.5) is 0 Å². The molecule has 132 valence electrons. The van der Waals surface area contributed by atoms with Crippen LogP contribution in [0, 0.1) is 5.92 Å². The molecule has 2 N–H and O–H groups in total. The third-order valence-corrected chi connectivity index (χ3v) is 5.99. The van der Waals surface area contributed by atoms with Crippen molar-refractivity contribution in [2.45, 2.75) is 24.3 Å². The standard InChI is InChI=1S/C14H21BrN2O4S.ClH/c1-9-4-5-16-8-11(9)17-22(18,19)14-7-12(20-2)10(15)6-13(14)21-3;/h6-7,9,11,16-17H,4-5,8H2,1-3H3;1H. The van der Waals surface area contributed by atoms with E-state index in [0.29, 0.717) is 16.8 Å². The summed E-state index contributed by atoms with van der Waals surface area (Å²) in [4.78, 5) is 0.0767. The van der Waals surface area contributed by atoms with Gasteiger partial charge in [-0.05, 0) is 40.9 Å². The summed E-state index contributed by atoms with van der Waals surface area (Å²) in [7, 11) is -0.769. The lowest BCUT2D eigenvalue weighted by Crippen LogP contribution is -2.50. The van der Waals surface area contributed by atoms with E-state index < -0.39 is 10.0 Å². The molecule has 0 aromatic heterocycles. The van der Waals surface area contributed by atoms with Crippen molar-refractivity contribution >= 4 is 38.4 Å². The normalized spacial score (nSPS) is 21.4. The second-order valence-corrected chi connectivity index (χ2v) is 7.87. The van der Waals surface area contributed by atoms with Crippen molar-refractivity contribution < 1.29 is 17.9 Å². The van der Waals surface area contributed by atoms with Crippen LogP contribution in [0.25, 0.3) is 0 Å². The SMILES string of the molecule is COc1cc(S(=O)(=O)NC2CNCCC2C)c(OC)cc1Br.Cl. The van der Waals surface area contributed by atoms with Crippen molar-refractivity contribution in [3.8, 4) is 11.5 Å². The third kappa shape index (κ3) is 4.73. The van der Waals surface area contributed by atoms with Gasteiger partial charge in [-0.1, -0.05) is 6.92 Å². The van der Waals surface area contributed by atoms with Gasteiger partial charge < -0.3 is 14.8 Å². The molecule has 6 nitrogen and oxygen atoms in total. The topological polar surface area (TPSA) is 76.7 Å². The number of hydrogen-bond acceptors (Lipinski definition) is 5. The van der Waals surface area contributed by atoms with E-state index in [1.54, 1.807) is 6.07 Å². The van der Waals surface area contributed by atoms with Crippen LogP contribution >= 0.6 is 28.3 Å². The van der Waals surface area contributed by atoms with Crippen LogP contribution in [-0.2, 0) is 10.0 Å². The number of piperidine rings is 1. The summed E-state index contributed by atoms with van der Waals surface area (Å²) in [6.07, 6.45) is 0.938. The number of hydrogen-bond donors (Lipinski definition) is 2. The Bertz CT molecular complexity index is 642. The highest BCUT2D eigenvalue weighted by atomic mass is 79.9. The lowest BCUT2D eigenvalue weighted by Gasteiger charge is -2.30. The minimum absolute atomic E-state index is 0. The molecule has 9 heteroatoms. The fourth-order valence-corrected chi connectivity index (χ4v) is 4.45. The lowest BCUT2D eigenvalue weighted by molar-refractivity contribution is 0.326. The average molecular weight is 430 g/mol. The Morgan fingerprint density at radius 1 is 1.26 bits per heavy atom. The van der Waals surface area contributed by atoms with Gasteiger partial charge in [-0.15, -0.1) is 12.4 Å². The highest BCUT2D eigenvalue weighted by molar-refractivity contribution is 9.10. The number of benzene rings is 1. The monoisotopic (exact) mass is 428 g/mol. The number of sulfonamides is 1. The van der Waals surface area contributed by atoms with Crippen molar-refractivity contribution in [2.24, 2.45) is 5.92 Å². The molecular formula is C14H22BrClN2O4S. The summed E-state index contributed by atoms with van der Waals surface area (Å²) in [6.45, 7) is 3.58. The van der Waals surface area contributed by atoms with Crippen LogP contribution in [0.15, 0.2) is 21.5 Å². The van der Waals surface area contributed by atoms with Crippen molar-refractivity contribution in [1.82, 2.24) is 10.0 Å². The van der Waals surface area contributed by atoms with Crippen molar-refractivity contribution in [3.05, 3.63) is 16.6 Å². The van der Waals surface area contributed by atoms with Crippen molar-refractivity contribution in [2.75, 3.05) is 27.3 Å². The van der Waals surface area contributed by atoms with Crippen molar-refractivity contribution in [3.63, 3.8) is 0 Å². The summed E-state index contributed by atoms with van der Waals surface area (Å²) < 4.78 is 39.2. The second-order valence-electron chi connectivity index (χ2n) is 5.34. The van der Waals surface area contributed by atoms with Gasteiger partial charge in [0.1, 0.15) is 16.4 Å². The molecule has 0 radical (unpaired) electrons. The van der Waals surface area contributed by atoms with Gasteiger partial charge in [-0.25, -0.2) is 13.1 Å². The van der Waals surface area contributed by atoms with E-state index in [-0.39, 0.29) is 35.0 Å². The number of methoxy groups -OCH3 is 2. The fraction of sp³-hybridized carbons (Fsp3) is 0.571. The molecule has 1 saturated heterocycles. The summed E-state index contributed by atoms with van der Waals surface area (Å²) in [6, 6.07) is 2.92. The molecule has 23 heavy (non-hydrogen) atoms. The maximum absolute atomic E-state index is 12.7. The summed E-state index contributed by atoms with van der Waals surface area (Å²) in [5, 5.41) is 3.21. The van der Waals surface area contributed by atoms with Crippen LogP contribution in [0.3, 0.4) is 0 Å².